The Bertz CT molecular complexity index is 945. The van der Waals surface area contributed by atoms with Crippen LogP contribution in [0.5, 0.6) is 11.5 Å². The normalized spacial score (nSPS) is 10.5. The summed E-state index contributed by atoms with van der Waals surface area (Å²) in [7, 11) is 1.45. The zero-order valence-corrected chi connectivity index (χ0v) is 12.8. The second-order valence-electron chi connectivity index (χ2n) is 4.69. The fourth-order valence-corrected chi connectivity index (χ4v) is 2.28. The summed E-state index contributed by atoms with van der Waals surface area (Å²) in [6, 6.07) is 12.4. The molecule has 1 heterocycles. The van der Waals surface area contributed by atoms with Gasteiger partial charge < -0.3 is 13.9 Å². The van der Waals surface area contributed by atoms with E-state index in [4.69, 9.17) is 25.5 Å². The summed E-state index contributed by atoms with van der Waals surface area (Å²) in [5.41, 5.74) is 0.0629. The number of ether oxygens (including phenoxy) is 2. The van der Waals surface area contributed by atoms with Crippen LogP contribution in [0.1, 0.15) is 10.4 Å². The minimum Gasteiger partial charge on any atom is -0.496 e. The Labute approximate surface area is 136 Å². The molecule has 0 aliphatic heterocycles. The molecule has 5 nitrogen and oxygen atoms in total. The number of hydrogen-bond donors (Lipinski definition) is 0. The highest BCUT2D eigenvalue weighted by Crippen LogP contribution is 2.25. The Morgan fingerprint density at radius 3 is 2.65 bits per heavy atom. The van der Waals surface area contributed by atoms with Gasteiger partial charge in [0, 0.05) is 22.5 Å². The minimum atomic E-state index is -0.623. The number of fused-ring (bicyclic) bond motifs is 1. The number of carbonyl (C=O) groups is 1. The lowest BCUT2D eigenvalue weighted by Crippen LogP contribution is -2.10. The molecule has 0 unspecified atom stereocenters. The summed E-state index contributed by atoms with van der Waals surface area (Å²) < 4.78 is 15.5. The van der Waals surface area contributed by atoms with E-state index >= 15 is 0 Å². The molecule has 0 spiro atoms. The van der Waals surface area contributed by atoms with Crippen molar-refractivity contribution in [3.63, 3.8) is 0 Å². The summed E-state index contributed by atoms with van der Waals surface area (Å²) in [4.78, 5) is 23.5. The molecule has 0 N–H and O–H groups in total. The van der Waals surface area contributed by atoms with Crippen molar-refractivity contribution in [3.05, 3.63) is 69.5 Å². The van der Waals surface area contributed by atoms with Crippen LogP contribution < -0.4 is 15.1 Å². The number of esters is 1. The van der Waals surface area contributed by atoms with Crippen molar-refractivity contribution in [2.24, 2.45) is 0 Å². The van der Waals surface area contributed by atoms with Gasteiger partial charge in [-0.15, -0.1) is 0 Å². The number of benzene rings is 2. The average Bonchev–Trinajstić information content (AvgIpc) is 2.54. The molecular formula is C17H11ClO5. The van der Waals surface area contributed by atoms with Gasteiger partial charge in [-0.05, 0) is 36.4 Å². The fourth-order valence-electron chi connectivity index (χ4n) is 2.11. The van der Waals surface area contributed by atoms with Crippen molar-refractivity contribution in [2.45, 2.75) is 0 Å². The van der Waals surface area contributed by atoms with E-state index in [9.17, 15) is 9.59 Å². The molecule has 0 atom stereocenters. The zero-order chi connectivity index (χ0) is 16.4. The van der Waals surface area contributed by atoms with Gasteiger partial charge >= 0.3 is 11.6 Å². The molecule has 0 fully saturated rings. The van der Waals surface area contributed by atoms with Crippen molar-refractivity contribution in [1.82, 2.24) is 0 Å². The molecule has 23 heavy (non-hydrogen) atoms. The summed E-state index contributed by atoms with van der Waals surface area (Å²) in [6.07, 6.45) is 0. The largest absolute Gasteiger partial charge is 0.496 e. The van der Waals surface area contributed by atoms with E-state index in [2.05, 4.69) is 0 Å². The Hall–Kier alpha value is -2.79. The van der Waals surface area contributed by atoms with Crippen molar-refractivity contribution < 1.29 is 18.7 Å². The third-order valence-corrected chi connectivity index (χ3v) is 3.42. The summed E-state index contributed by atoms with van der Waals surface area (Å²) in [5.74, 6) is -0.0208. The first-order valence-corrected chi connectivity index (χ1v) is 7.04. The Morgan fingerprint density at radius 2 is 1.87 bits per heavy atom. The lowest BCUT2D eigenvalue weighted by molar-refractivity contribution is 0.0731. The van der Waals surface area contributed by atoms with E-state index in [0.29, 0.717) is 16.4 Å². The van der Waals surface area contributed by atoms with Crippen LogP contribution in [0.15, 0.2) is 57.7 Å². The number of carbonyl (C=O) groups excluding carboxylic acids is 1. The molecule has 3 rings (SSSR count). The second kappa shape index (κ2) is 6.14. The monoisotopic (exact) mass is 330 g/mol. The highest BCUT2D eigenvalue weighted by molar-refractivity contribution is 6.31. The molecule has 2 aromatic carbocycles. The maximum atomic E-state index is 12.3. The van der Waals surface area contributed by atoms with Crippen molar-refractivity contribution in [1.29, 1.82) is 0 Å². The molecule has 116 valence electrons. The summed E-state index contributed by atoms with van der Waals surface area (Å²) in [5, 5.41) is 1.12. The lowest BCUT2D eigenvalue weighted by atomic mass is 10.2. The average molecular weight is 331 g/mol. The topological polar surface area (TPSA) is 65.7 Å². The minimum absolute atomic E-state index is 0.203. The van der Waals surface area contributed by atoms with Crippen LogP contribution >= 0.6 is 11.6 Å². The second-order valence-corrected chi connectivity index (χ2v) is 5.12. The molecule has 0 saturated heterocycles. The van der Waals surface area contributed by atoms with E-state index in [0.717, 1.165) is 5.39 Å². The van der Waals surface area contributed by atoms with Crippen LogP contribution in [0.3, 0.4) is 0 Å². The van der Waals surface area contributed by atoms with E-state index < -0.39 is 11.6 Å². The smallest absolute Gasteiger partial charge is 0.347 e. The quantitative estimate of drug-likeness (QED) is 0.416. The molecule has 0 bridgehead atoms. The Balaban J connectivity index is 1.94. The third kappa shape index (κ3) is 3.19. The predicted octanol–water partition coefficient (Wildman–Crippen LogP) is 3.67. The van der Waals surface area contributed by atoms with Crippen LogP contribution in [0.4, 0.5) is 0 Å². The van der Waals surface area contributed by atoms with Gasteiger partial charge in [-0.3, -0.25) is 0 Å². The molecule has 6 heteroatoms. The number of methoxy groups -OCH3 is 1. The standard InChI is InChI=1S/C17H11ClO5/c1-21-14-6-4-11(18)8-13(14)17(20)22-12-5-2-10-3-7-16(19)23-15(10)9-12/h2-9H,1H3. The van der Waals surface area contributed by atoms with Crippen LogP contribution in [-0.2, 0) is 0 Å². The molecule has 3 aromatic rings. The van der Waals surface area contributed by atoms with Gasteiger partial charge in [0.2, 0.25) is 0 Å². The predicted molar refractivity (Wildman–Crippen MR) is 85.4 cm³/mol. The van der Waals surface area contributed by atoms with Gasteiger partial charge in [-0.2, -0.15) is 0 Å². The molecule has 1 aromatic heterocycles. The zero-order valence-electron chi connectivity index (χ0n) is 12.0. The Morgan fingerprint density at radius 1 is 1.09 bits per heavy atom. The number of hydrogen-bond acceptors (Lipinski definition) is 5. The SMILES string of the molecule is COc1ccc(Cl)cc1C(=O)Oc1ccc2ccc(=O)oc2c1. The van der Waals surface area contributed by atoms with Crippen LogP contribution in [-0.4, -0.2) is 13.1 Å². The van der Waals surface area contributed by atoms with Crippen molar-refractivity contribution in [3.8, 4) is 11.5 Å². The van der Waals surface area contributed by atoms with Gasteiger partial charge in [-0.1, -0.05) is 11.6 Å². The van der Waals surface area contributed by atoms with Crippen molar-refractivity contribution in [2.75, 3.05) is 7.11 Å². The highest BCUT2D eigenvalue weighted by atomic mass is 35.5. The van der Waals surface area contributed by atoms with Gasteiger partial charge in [0.1, 0.15) is 22.6 Å². The van der Waals surface area contributed by atoms with Crippen LogP contribution in [0.25, 0.3) is 11.0 Å². The number of rotatable bonds is 3. The van der Waals surface area contributed by atoms with Gasteiger partial charge in [0.15, 0.2) is 0 Å². The van der Waals surface area contributed by atoms with Crippen molar-refractivity contribution >= 4 is 28.5 Å². The van der Waals surface area contributed by atoms with Crippen LogP contribution in [0.2, 0.25) is 5.02 Å². The summed E-state index contributed by atoms with van der Waals surface area (Å²) in [6.45, 7) is 0. The maximum Gasteiger partial charge on any atom is 0.347 e. The first kappa shape index (κ1) is 15.1. The molecule has 0 aliphatic rings. The van der Waals surface area contributed by atoms with E-state index in [1.807, 2.05) is 0 Å². The third-order valence-electron chi connectivity index (χ3n) is 3.19. The van der Waals surface area contributed by atoms with E-state index in [-0.39, 0.29) is 11.3 Å². The van der Waals surface area contributed by atoms with Gasteiger partial charge in [0.05, 0.1) is 7.11 Å². The Kier molecular flexibility index (Phi) is 4.04. The summed E-state index contributed by atoms with van der Waals surface area (Å²) >= 11 is 5.90. The first-order chi connectivity index (χ1) is 11.1. The van der Waals surface area contributed by atoms with Gasteiger partial charge in [-0.25, -0.2) is 9.59 Å². The molecule has 0 radical (unpaired) electrons. The highest BCUT2D eigenvalue weighted by Gasteiger charge is 2.15. The maximum absolute atomic E-state index is 12.3. The molecular weight excluding hydrogens is 320 g/mol. The first-order valence-electron chi connectivity index (χ1n) is 6.66. The van der Waals surface area contributed by atoms with Crippen LogP contribution in [0, 0.1) is 0 Å². The van der Waals surface area contributed by atoms with Gasteiger partial charge in [0.25, 0.3) is 0 Å². The molecule has 0 saturated carbocycles. The lowest BCUT2D eigenvalue weighted by Gasteiger charge is -2.09. The fraction of sp³-hybridized carbons (Fsp3) is 0.0588. The molecule has 0 aliphatic carbocycles. The van der Waals surface area contributed by atoms with E-state index in [1.165, 1.54) is 25.3 Å². The number of halogens is 1. The van der Waals surface area contributed by atoms with E-state index in [1.54, 1.807) is 30.3 Å². The molecule has 0 amide bonds.